The smallest absolute Gasteiger partial charge is 0.233 e. The van der Waals surface area contributed by atoms with E-state index in [0.717, 1.165) is 6.42 Å². The Morgan fingerprint density at radius 3 is 2.59 bits per heavy atom. The molecule has 0 bridgehead atoms. The van der Waals surface area contributed by atoms with Gasteiger partial charge in [-0.05, 0) is 37.0 Å². The second kappa shape index (κ2) is 5.33. The van der Waals surface area contributed by atoms with Crippen LogP contribution in [0, 0.1) is 5.82 Å². The second-order valence-electron chi connectivity index (χ2n) is 6.42. The molecule has 1 saturated carbocycles. The van der Waals surface area contributed by atoms with Crippen molar-refractivity contribution in [3.63, 3.8) is 0 Å². The maximum Gasteiger partial charge on any atom is 0.233 e. The van der Waals surface area contributed by atoms with Crippen molar-refractivity contribution in [1.29, 1.82) is 0 Å². The third kappa shape index (κ3) is 2.53. The summed E-state index contributed by atoms with van der Waals surface area (Å²) in [7, 11) is -1.36. The van der Waals surface area contributed by atoms with Crippen molar-refractivity contribution < 1.29 is 17.6 Å². The Kier molecular flexibility index (Phi) is 3.75. The minimum atomic E-state index is -3.03. The average Bonchev–Trinajstić information content (AvgIpc) is 2.77. The molecular formula is C16H20FNO3S. The molecule has 3 rings (SSSR count). The highest BCUT2D eigenvalue weighted by Gasteiger charge is 2.49. The molecule has 120 valence electrons. The zero-order chi connectivity index (χ0) is 16.0. The Bertz CT molecular complexity index is 697. The van der Waals surface area contributed by atoms with Crippen molar-refractivity contribution in [1.82, 2.24) is 4.90 Å². The summed E-state index contributed by atoms with van der Waals surface area (Å²) in [6, 6.07) is 5.95. The number of hydrogen-bond donors (Lipinski definition) is 0. The molecule has 0 N–H and O–H groups in total. The normalized spacial score (nSPS) is 25.5. The molecule has 1 atom stereocenters. The standard InChI is InChI=1S/C16H20FNO3S/c1-18(14-6-9-22(20,21)11-14)15(19)16(7-3-8-16)12-4-2-5-13(17)10-12/h2,4-5,10,14H,3,6-9,11H2,1H3. The monoisotopic (exact) mass is 325 g/mol. The van der Waals surface area contributed by atoms with E-state index in [1.807, 2.05) is 0 Å². The summed E-state index contributed by atoms with van der Waals surface area (Å²) in [6.07, 6.45) is 2.81. The van der Waals surface area contributed by atoms with E-state index in [9.17, 15) is 17.6 Å². The SMILES string of the molecule is CN(C(=O)C1(c2cccc(F)c2)CCC1)C1CCS(=O)(=O)C1. The van der Waals surface area contributed by atoms with Crippen LogP contribution >= 0.6 is 0 Å². The first-order valence-corrected chi connectivity index (χ1v) is 9.40. The quantitative estimate of drug-likeness (QED) is 0.853. The molecule has 22 heavy (non-hydrogen) atoms. The van der Waals surface area contributed by atoms with Crippen LogP contribution in [0.1, 0.15) is 31.2 Å². The van der Waals surface area contributed by atoms with Gasteiger partial charge >= 0.3 is 0 Å². The van der Waals surface area contributed by atoms with Crippen LogP contribution in [0.5, 0.6) is 0 Å². The van der Waals surface area contributed by atoms with Crippen molar-refractivity contribution >= 4 is 15.7 Å². The topological polar surface area (TPSA) is 54.5 Å². The van der Waals surface area contributed by atoms with E-state index in [1.54, 1.807) is 24.1 Å². The lowest BCUT2D eigenvalue weighted by molar-refractivity contribution is -0.141. The molecule has 4 nitrogen and oxygen atoms in total. The van der Waals surface area contributed by atoms with Crippen molar-refractivity contribution in [2.24, 2.45) is 0 Å². The van der Waals surface area contributed by atoms with E-state index in [2.05, 4.69) is 0 Å². The van der Waals surface area contributed by atoms with Crippen molar-refractivity contribution in [2.75, 3.05) is 18.6 Å². The zero-order valence-corrected chi connectivity index (χ0v) is 13.4. The number of carbonyl (C=O) groups excluding carboxylic acids is 1. The lowest BCUT2D eigenvalue weighted by atomic mass is 9.63. The fourth-order valence-electron chi connectivity index (χ4n) is 3.53. The van der Waals surface area contributed by atoms with E-state index in [0.29, 0.717) is 24.8 Å². The molecule has 1 aromatic rings. The predicted molar refractivity (Wildman–Crippen MR) is 81.8 cm³/mol. The van der Waals surface area contributed by atoms with Crippen LogP contribution in [0.15, 0.2) is 24.3 Å². The molecule has 0 radical (unpaired) electrons. The van der Waals surface area contributed by atoms with Gasteiger partial charge in [0.15, 0.2) is 9.84 Å². The predicted octanol–water partition coefficient (Wildman–Crippen LogP) is 1.89. The highest BCUT2D eigenvalue weighted by Crippen LogP contribution is 2.45. The third-order valence-electron chi connectivity index (χ3n) is 5.07. The van der Waals surface area contributed by atoms with Gasteiger partial charge in [-0.2, -0.15) is 0 Å². The number of halogens is 1. The van der Waals surface area contributed by atoms with E-state index < -0.39 is 15.3 Å². The molecule has 1 aromatic carbocycles. The summed E-state index contributed by atoms with van der Waals surface area (Å²) in [5.41, 5.74) is 0.0277. The first-order chi connectivity index (χ1) is 10.3. The number of rotatable bonds is 3. The van der Waals surface area contributed by atoms with Gasteiger partial charge in [-0.3, -0.25) is 4.79 Å². The van der Waals surface area contributed by atoms with E-state index >= 15 is 0 Å². The second-order valence-corrected chi connectivity index (χ2v) is 8.65. The summed E-state index contributed by atoms with van der Waals surface area (Å²) < 4.78 is 36.8. The summed E-state index contributed by atoms with van der Waals surface area (Å²) >= 11 is 0. The first kappa shape index (κ1) is 15.5. The fraction of sp³-hybridized carbons (Fsp3) is 0.562. The minimum Gasteiger partial charge on any atom is -0.341 e. The molecule has 1 heterocycles. The number of amides is 1. The van der Waals surface area contributed by atoms with Gasteiger partial charge in [-0.15, -0.1) is 0 Å². The Hall–Kier alpha value is -1.43. The zero-order valence-electron chi connectivity index (χ0n) is 12.6. The molecule has 1 aliphatic heterocycles. The molecular weight excluding hydrogens is 305 g/mol. The number of benzene rings is 1. The minimum absolute atomic E-state index is 0.0362. The Morgan fingerprint density at radius 2 is 2.09 bits per heavy atom. The van der Waals surface area contributed by atoms with E-state index in [1.165, 1.54) is 12.1 Å². The highest BCUT2D eigenvalue weighted by atomic mass is 32.2. The summed E-state index contributed by atoms with van der Waals surface area (Å²) in [4.78, 5) is 14.5. The van der Waals surface area contributed by atoms with Gasteiger partial charge in [0.25, 0.3) is 0 Å². The van der Waals surface area contributed by atoms with Crippen LogP contribution < -0.4 is 0 Å². The lowest BCUT2D eigenvalue weighted by Gasteiger charge is -2.44. The van der Waals surface area contributed by atoms with Gasteiger partial charge in [-0.25, -0.2) is 12.8 Å². The average molecular weight is 325 g/mol. The largest absolute Gasteiger partial charge is 0.341 e. The maximum atomic E-state index is 13.5. The number of likely N-dealkylation sites (N-methyl/N-ethyl adjacent to an activating group) is 1. The van der Waals surface area contributed by atoms with Gasteiger partial charge < -0.3 is 4.90 Å². The van der Waals surface area contributed by atoms with Gasteiger partial charge in [0.1, 0.15) is 5.82 Å². The molecule has 1 saturated heterocycles. The number of hydrogen-bond acceptors (Lipinski definition) is 3. The van der Waals surface area contributed by atoms with Gasteiger partial charge in [0.2, 0.25) is 5.91 Å². The molecule has 2 aliphatic rings. The number of carbonyl (C=O) groups is 1. The Balaban J connectivity index is 1.86. The molecule has 0 aromatic heterocycles. The van der Waals surface area contributed by atoms with Crippen molar-refractivity contribution in [2.45, 2.75) is 37.1 Å². The summed E-state index contributed by atoms with van der Waals surface area (Å²) in [6.45, 7) is 0. The van der Waals surface area contributed by atoms with Crippen LogP contribution in [0.25, 0.3) is 0 Å². The van der Waals surface area contributed by atoms with Crippen molar-refractivity contribution in [3.05, 3.63) is 35.6 Å². The lowest BCUT2D eigenvalue weighted by Crippen LogP contribution is -2.53. The van der Waals surface area contributed by atoms with Crippen LogP contribution in [-0.4, -0.2) is 43.8 Å². The van der Waals surface area contributed by atoms with Crippen molar-refractivity contribution in [3.8, 4) is 0 Å². The van der Waals surface area contributed by atoms with E-state index in [4.69, 9.17) is 0 Å². The summed E-state index contributed by atoms with van der Waals surface area (Å²) in [5, 5.41) is 0. The molecule has 1 unspecified atom stereocenters. The first-order valence-electron chi connectivity index (χ1n) is 7.58. The third-order valence-corrected chi connectivity index (χ3v) is 6.82. The van der Waals surface area contributed by atoms with Gasteiger partial charge in [-0.1, -0.05) is 18.6 Å². The number of nitrogens with zero attached hydrogens (tertiary/aromatic N) is 1. The van der Waals surface area contributed by atoms with Crippen LogP contribution in [-0.2, 0) is 20.0 Å². The molecule has 2 fully saturated rings. The fourth-order valence-corrected chi connectivity index (χ4v) is 5.30. The Labute approximate surface area is 130 Å². The highest BCUT2D eigenvalue weighted by molar-refractivity contribution is 7.91. The van der Waals surface area contributed by atoms with Crippen LogP contribution in [0.3, 0.4) is 0 Å². The van der Waals surface area contributed by atoms with Gasteiger partial charge in [0, 0.05) is 13.1 Å². The maximum absolute atomic E-state index is 13.5. The summed E-state index contributed by atoms with van der Waals surface area (Å²) in [5.74, 6) is -0.245. The van der Waals surface area contributed by atoms with E-state index in [-0.39, 0.29) is 29.3 Å². The Morgan fingerprint density at radius 1 is 1.36 bits per heavy atom. The molecule has 1 amide bonds. The molecule has 1 aliphatic carbocycles. The number of sulfone groups is 1. The molecule has 6 heteroatoms. The molecule has 0 spiro atoms. The van der Waals surface area contributed by atoms with Crippen LogP contribution in [0.2, 0.25) is 0 Å². The van der Waals surface area contributed by atoms with Crippen LogP contribution in [0.4, 0.5) is 4.39 Å². The van der Waals surface area contributed by atoms with Gasteiger partial charge in [0.05, 0.1) is 16.9 Å².